The molecule has 0 radical (unpaired) electrons. The van der Waals surface area contributed by atoms with E-state index in [2.05, 4.69) is 32.0 Å². The van der Waals surface area contributed by atoms with Crippen molar-refractivity contribution < 1.29 is 14.4 Å². The van der Waals surface area contributed by atoms with E-state index in [1.807, 2.05) is 31.2 Å². The largest absolute Gasteiger partial charge is 0.345 e. The number of carbonyl (C=O) groups excluding carboxylic acids is 3. The van der Waals surface area contributed by atoms with Crippen LogP contribution in [0.2, 0.25) is 0 Å². The second kappa shape index (κ2) is 11.3. The van der Waals surface area contributed by atoms with Crippen LogP contribution in [0.15, 0.2) is 36.4 Å². The highest BCUT2D eigenvalue weighted by Crippen LogP contribution is 2.54. The van der Waals surface area contributed by atoms with E-state index in [4.69, 9.17) is 0 Å². The van der Waals surface area contributed by atoms with Crippen LogP contribution in [0.1, 0.15) is 63.9 Å². The second-order valence-electron chi connectivity index (χ2n) is 11.4. The van der Waals surface area contributed by atoms with Crippen molar-refractivity contribution in [2.75, 3.05) is 41.3 Å². The minimum atomic E-state index is -0.880. The molecule has 12 heteroatoms. The van der Waals surface area contributed by atoms with Gasteiger partial charge in [-0.3, -0.25) is 14.4 Å². The van der Waals surface area contributed by atoms with E-state index in [-0.39, 0.29) is 36.3 Å². The summed E-state index contributed by atoms with van der Waals surface area (Å²) in [6.07, 6.45) is 1.98. The van der Waals surface area contributed by atoms with E-state index in [1.165, 1.54) is 9.80 Å². The van der Waals surface area contributed by atoms with E-state index in [0.717, 1.165) is 28.7 Å². The molecule has 2 N–H and O–H groups in total. The number of nitriles is 1. The van der Waals surface area contributed by atoms with Gasteiger partial charge in [-0.1, -0.05) is 17.3 Å². The molecule has 0 saturated carbocycles. The smallest absolute Gasteiger partial charge is 0.253 e. The van der Waals surface area contributed by atoms with Crippen molar-refractivity contribution in [3.05, 3.63) is 64.5 Å². The zero-order valence-corrected chi connectivity index (χ0v) is 24.5. The van der Waals surface area contributed by atoms with E-state index < -0.39 is 5.41 Å². The third-order valence-corrected chi connectivity index (χ3v) is 8.22. The minimum Gasteiger partial charge on any atom is -0.345 e. The number of tetrazole rings is 1. The first-order valence-electron chi connectivity index (χ1n) is 14.0. The molecule has 2 aromatic carbocycles. The molecule has 1 saturated heterocycles. The Morgan fingerprint density at radius 2 is 1.67 bits per heavy atom. The van der Waals surface area contributed by atoms with Crippen molar-refractivity contribution in [1.29, 1.82) is 5.26 Å². The Balaban J connectivity index is 1.58. The molecular weight excluding hydrogens is 534 g/mol. The lowest BCUT2D eigenvalue weighted by Crippen LogP contribution is -2.45. The molecular formula is C30H35N9O3. The number of nitrogens with zero attached hydrogens (tertiary/aromatic N) is 7. The lowest BCUT2D eigenvalue weighted by molar-refractivity contribution is -0.130. The molecule has 2 atom stereocenters. The van der Waals surface area contributed by atoms with Crippen LogP contribution in [0, 0.1) is 11.3 Å². The number of carbonyl (C=O) groups is 3. The molecule has 42 heavy (non-hydrogen) atoms. The first kappa shape index (κ1) is 28.9. The van der Waals surface area contributed by atoms with E-state index in [0.29, 0.717) is 36.3 Å². The Kier molecular flexibility index (Phi) is 7.79. The summed E-state index contributed by atoms with van der Waals surface area (Å²) >= 11 is 0. The van der Waals surface area contributed by atoms with E-state index >= 15 is 0 Å². The number of aromatic amines is 1. The topological polar surface area (TPSA) is 151 Å². The Morgan fingerprint density at radius 1 is 1.07 bits per heavy atom. The molecule has 2 aliphatic rings. The molecule has 1 fully saturated rings. The van der Waals surface area contributed by atoms with Gasteiger partial charge in [-0.25, -0.2) is 0 Å². The molecule has 3 amide bonds. The van der Waals surface area contributed by atoms with Crippen molar-refractivity contribution >= 4 is 17.7 Å². The number of aromatic nitrogens is 4. The normalized spacial score (nSPS) is 17.2. The van der Waals surface area contributed by atoms with Crippen molar-refractivity contribution in [2.45, 2.75) is 43.7 Å². The summed E-state index contributed by atoms with van der Waals surface area (Å²) in [4.78, 5) is 43.6. The number of likely N-dealkylation sites (tertiary alicyclic amines) is 1. The first-order chi connectivity index (χ1) is 20.1. The molecule has 218 valence electrons. The Labute approximate surface area is 244 Å². The summed E-state index contributed by atoms with van der Waals surface area (Å²) in [6, 6.07) is 12.8. The molecule has 3 aromatic rings. The van der Waals surface area contributed by atoms with Gasteiger partial charge in [0.05, 0.1) is 18.0 Å². The maximum absolute atomic E-state index is 13.0. The van der Waals surface area contributed by atoms with Gasteiger partial charge in [0.15, 0.2) is 5.82 Å². The lowest BCUT2D eigenvalue weighted by atomic mass is 9.72. The van der Waals surface area contributed by atoms with Crippen LogP contribution in [0.3, 0.4) is 0 Å². The maximum Gasteiger partial charge on any atom is 0.253 e. The molecule has 0 bridgehead atoms. The summed E-state index contributed by atoms with van der Waals surface area (Å²) in [5, 5.41) is 28.1. The number of hydrogen-bond donors (Lipinski definition) is 2. The summed E-state index contributed by atoms with van der Waals surface area (Å²) < 4.78 is 0. The number of nitrogens with one attached hydrogen (secondary N) is 2. The number of rotatable bonds is 8. The highest BCUT2D eigenvalue weighted by atomic mass is 16.2. The fourth-order valence-corrected chi connectivity index (χ4v) is 6.19. The van der Waals surface area contributed by atoms with Gasteiger partial charge in [-0.2, -0.15) is 10.5 Å². The minimum absolute atomic E-state index is 0.0912. The lowest BCUT2D eigenvalue weighted by Gasteiger charge is -2.32. The molecule has 1 unspecified atom stereocenters. The fraction of sp³-hybridized carbons (Fsp3) is 0.433. The van der Waals surface area contributed by atoms with Gasteiger partial charge >= 0.3 is 0 Å². The molecule has 0 spiro atoms. The zero-order chi connectivity index (χ0) is 30.2. The van der Waals surface area contributed by atoms with Crippen molar-refractivity contribution in [2.24, 2.45) is 0 Å². The van der Waals surface area contributed by atoms with Crippen molar-refractivity contribution in [1.82, 2.24) is 40.6 Å². The number of hydrogen-bond acceptors (Lipinski definition) is 8. The van der Waals surface area contributed by atoms with Crippen LogP contribution in [-0.4, -0.2) is 106 Å². The van der Waals surface area contributed by atoms with Gasteiger partial charge in [-0.15, -0.1) is 10.2 Å². The summed E-state index contributed by atoms with van der Waals surface area (Å²) in [6.45, 7) is 2.67. The van der Waals surface area contributed by atoms with Crippen LogP contribution >= 0.6 is 0 Å². The summed E-state index contributed by atoms with van der Waals surface area (Å²) in [5.74, 6) is 0.0708. The fourth-order valence-electron chi connectivity index (χ4n) is 6.19. The van der Waals surface area contributed by atoms with Crippen LogP contribution in [0.25, 0.3) is 11.1 Å². The first-order valence-corrected chi connectivity index (χ1v) is 14.0. The monoisotopic (exact) mass is 569 g/mol. The highest BCUT2D eigenvalue weighted by molar-refractivity contribution is 5.99. The predicted molar refractivity (Wildman–Crippen MR) is 154 cm³/mol. The number of H-pyrrole nitrogens is 1. The Bertz CT molecular complexity index is 1490. The Morgan fingerprint density at radius 3 is 2.17 bits per heavy atom. The SMILES string of the molecule is C[C@H](CC1(c2nn[nH]n2)c2ccc(C(=O)N(C)C)cc2-c2cc(C(=O)N(C)C)ccc21)NCC(=O)N1CCCC1C#N. The maximum atomic E-state index is 13.0. The molecule has 2 heterocycles. The third kappa shape index (κ3) is 4.90. The van der Waals surface area contributed by atoms with Gasteiger partial charge in [0.25, 0.3) is 11.8 Å². The molecule has 5 rings (SSSR count). The van der Waals surface area contributed by atoms with Crippen LogP contribution < -0.4 is 5.32 Å². The second-order valence-corrected chi connectivity index (χ2v) is 11.4. The summed E-state index contributed by atoms with van der Waals surface area (Å²) in [7, 11) is 6.82. The van der Waals surface area contributed by atoms with Crippen LogP contribution in [0.4, 0.5) is 0 Å². The molecule has 1 aromatic heterocycles. The van der Waals surface area contributed by atoms with Gasteiger partial charge < -0.3 is 20.0 Å². The highest BCUT2D eigenvalue weighted by Gasteiger charge is 2.49. The standard InChI is InChI=1S/C30H35N9O3/c1-18(32-17-26(40)39-12-6-7-21(39)16-31)15-30(29-33-35-36-34-29)24-10-8-19(27(41)37(2)3)13-22(24)23-14-20(9-11-25(23)30)28(42)38(4)5/h8-11,13-14,18,21,32H,6-7,12,15,17H2,1-5H3,(H,33,34,35,36)/t18-,21?/m1/s1. The quantitative estimate of drug-likeness (QED) is 0.417. The van der Waals surface area contributed by atoms with E-state index in [1.54, 1.807) is 45.2 Å². The Hall–Kier alpha value is -4.63. The average Bonchev–Trinajstić information content (AvgIpc) is 3.74. The van der Waals surface area contributed by atoms with Gasteiger partial charge in [0.2, 0.25) is 5.91 Å². The number of fused-ring (bicyclic) bond motifs is 3. The third-order valence-electron chi connectivity index (χ3n) is 8.22. The molecule has 1 aliphatic heterocycles. The van der Waals surface area contributed by atoms with Crippen LogP contribution in [0.5, 0.6) is 0 Å². The van der Waals surface area contributed by atoms with Gasteiger partial charge in [-0.05, 0) is 72.7 Å². The van der Waals surface area contributed by atoms with Crippen LogP contribution in [-0.2, 0) is 10.2 Å². The zero-order valence-electron chi connectivity index (χ0n) is 24.5. The van der Waals surface area contributed by atoms with Gasteiger partial charge in [0.1, 0.15) is 6.04 Å². The summed E-state index contributed by atoms with van der Waals surface area (Å²) in [5.41, 5.74) is 3.55. The van der Waals surface area contributed by atoms with E-state index in [9.17, 15) is 19.6 Å². The average molecular weight is 570 g/mol. The predicted octanol–water partition coefficient (Wildman–Crippen LogP) is 1.80. The number of amides is 3. The number of benzene rings is 2. The van der Waals surface area contributed by atoms with Gasteiger partial charge in [0, 0.05) is 51.9 Å². The molecule has 12 nitrogen and oxygen atoms in total. The molecule has 1 aliphatic carbocycles. The van der Waals surface area contributed by atoms with Crippen molar-refractivity contribution in [3.8, 4) is 17.2 Å². The van der Waals surface area contributed by atoms with Crippen molar-refractivity contribution in [3.63, 3.8) is 0 Å².